The predicted octanol–water partition coefficient (Wildman–Crippen LogP) is 4.49. The Morgan fingerprint density at radius 3 is 2.24 bits per heavy atom. The summed E-state index contributed by atoms with van der Waals surface area (Å²) in [5.41, 5.74) is 1.87. The van der Waals surface area contributed by atoms with E-state index in [0.717, 1.165) is 12.8 Å². The third-order valence-corrected chi connectivity index (χ3v) is 9.29. The number of carbonyl (C=O) groups is 1. The summed E-state index contributed by atoms with van der Waals surface area (Å²) in [5, 5.41) is 9.92. The first-order valence-corrected chi connectivity index (χ1v) is 12.8. The SMILES string of the molecule is O=C(O)C1(S(=O)(=O)c2ccc(-c3ccc(CCCC(F)(F)F)cn3)cc2)CCN(C2CC2)CC1. The second kappa shape index (κ2) is 9.30. The second-order valence-corrected chi connectivity index (χ2v) is 11.4. The van der Waals surface area contributed by atoms with E-state index in [1.54, 1.807) is 24.3 Å². The molecule has 0 unspecified atom stereocenters. The van der Waals surface area contributed by atoms with E-state index >= 15 is 0 Å². The van der Waals surface area contributed by atoms with E-state index in [2.05, 4.69) is 9.88 Å². The van der Waals surface area contributed by atoms with Crippen LogP contribution in [0.3, 0.4) is 0 Å². The van der Waals surface area contributed by atoms with Crippen LogP contribution in [0.2, 0.25) is 0 Å². The van der Waals surface area contributed by atoms with Gasteiger partial charge in [0.2, 0.25) is 0 Å². The van der Waals surface area contributed by atoms with Crippen LogP contribution in [0.25, 0.3) is 11.3 Å². The van der Waals surface area contributed by atoms with Crippen LogP contribution < -0.4 is 0 Å². The van der Waals surface area contributed by atoms with Crippen LogP contribution >= 0.6 is 0 Å². The van der Waals surface area contributed by atoms with Gasteiger partial charge in [-0.1, -0.05) is 18.2 Å². The van der Waals surface area contributed by atoms with Crippen LogP contribution in [0.15, 0.2) is 47.5 Å². The molecule has 2 heterocycles. The highest BCUT2D eigenvalue weighted by atomic mass is 32.2. The smallest absolute Gasteiger partial charge is 0.389 e. The lowest BCUT2D eigenvalue weighted by Gasteiger charge is -2.38. The van der Waals surface area contributed by atoms with Gasteiger partial charge in [0.15, 0.2) is 14.6 Å². The van der Waals surface area contributed by atoms with Crippen molar-refractivity contribution in [1.82, 2.24) is 9.88 Å². The van der Waals surface area contributed by atoms with Crippen LogP contribution in [0, 0.1) is 0 Å². The lowest BCUT2D eigenvalue weighted by atomic mass is 9.95. The van der Waals surface area contributed by atoms with Crippen LogP contribution in [-0.2, 0) is 21.1 Å². The normalized spacial score (nSPS) is 19.1. The van der Waals surface area contributed by atoms with Gasteiger partial charge >= 0.3 is 12.1 Å². The summed E-state index contributed by atoms with van der Waals surface area (Å²) in [4.78, 5) is 18.6. The number of nitrogens with zero attached hydrogens (tertiary/aromatic N) is 2. The molecule has 4 rings (SSSR count). The van der Waals surface area contributed by atoms with Crippen molar-refractivity contribution < 1.29 is 31.5 Å². The third-order valence-electron chi connectivity index (χ3n) is 6.78. The molecule has 1 N–H and O–H groups in total. The molecule has 0 radical (unpaired) electrons. The maximum atomic E-state index is 13.4. The Morgan fingerprint density at radius 2 is 1.74 bits per heavy atom. The van der Waals surface area contributed by atoms with Gasteiger partial charge in [0.1, 0.15) is 0 Å². The standard InChI is InChI=1S/C24H27F3N2O4S/c25-24(26,27)11-1-2-17-3-10-21(28-16-17)18-4-8-20(9-5-18)34(32,33)23(22(30)31)12-14-29(15-13-23)19-6-7-19/h3-5,8-10,16,19H,1-2,6-7,11-15H2,(H,30,31). The third kappa shape index (κ3) is 5.12. The number of sulfone groups is 1. The van der Waals surface area contributed by atoms with E-state index in [4.69, 9.17) is 0 Å². The van der Waals surface area contributed by atoms with Crippen molar-refractivity contribution in [3.8, 4) is 11.3 Å². The maximum Gasteiger partial charge on any atom is 0.389 e. The number of hydrogen-bond acceptors (Lipinski definition) is 5. The van der Waals surface area contributed by atoms with Gasteiger partial charge in [-0.25, -0.2) is 8.42 Å². The zero-order valence-electron chi connectivity index (χ0n) is 18.6. The molecule has 1 aliphatic carbocycles. The average molecular weight is 497 g/mol. The lowest BCUT2D eigenvalue weighted by molar-refractivity contribution is -0.141. The van der Waals surface area contributed by atoms with Crippen molar-refractivity contribution in [3.63, 3.8) is 0 Å². The Hall–Kier alpha value is -2.46. The minimum absolute atomic E-state index is 0.0131. The number of aliphatic carboxylic acids is 1. The number of pyridine rings is 1. The fourth-order valence-electron chi connectivity index (χ4n) is 4.55. The molecule has 184 valence electrons. The molecule has 1 saturated carbocycles. The fourth-order valence-corrected chi connectivity index (χ4v) is 6.45. The molecular weight excluding hydrogens is 469 g/mol. The number of rotatable bonds is 8. The van der Waals surface area contributed by atoms with Gasteiger partial charge in [-0.15, -0.1) is 0 Å². The Kier molecular flexibility index (Phi) is 6.74. The van der Waals surface area contributed by atoms with E-state index in [1.165, 1.54) is 18.3 Å². The van der Waals surface area contributed by atoms with Crippen molar-refractivity contribution in [2.75, 3.05) is 13.1 Å². The van der Waals surface area contributed by atoms with Gasteiger partial charge in [0.25, 0.3) is 0 Å². The molecule has 2 aromatic rings. The van der Waals surface area contributed by atoms with Gasteiger partial charge in [-0.05, 0) is 62.3 Å². The minimum atomic E-state index is -4.18. The highest BCUT2D eigenvalue weighted by molar-refractivity contribution is 7.93. The van der Waals surface area contributed by atoms with Gasteiger partial charge in [-0.3, -0.25) is 9.78 Å². The van der Waals surface area contributed by atoms with E-state index in [0.29, 0.717) is 36.0 Å². The predicted molar refractivity (Wildman–Crippen MR) is 120 cm³/mol. The van der Waals surface area contributed by atoms with Crippen LogP contribution in [0.4, 0.5) is 13.2 Å². The molecule has 34 heavy (non-hydrogen) atoms. The molecule has 1 aliphatic heterocycles. The van der Waals surface area contributed by atoms with Crippen molar-refractivity contribution in [2.45, 2.75) is 66.8 Å². The first-order valence-electron chi connectivity index (χ1n) is 11.4. The summed E-state index contributed by atoms with van der Waals surface area (Å²) in [6.07, 6.45) is -0.984. The number of likely N-dealkylation sites (tertiary alicyclic amines) is 1. The quantitative estimate of drug-likeness (QED) is 0.580. The van der Waals surface area contributed by atoms with Crippen molar-refractivity contribution >= 4 is 15.8 Å². The second-order valence-electron chi connectivity index (χ2n) is 9.11. The summed E-state index contributed by atoms with van der Waals surface area (Å²) < 4.78 is 61.9. The largest absolute Gasteiger partial charge is 0.480 e. The molecule has 0 bridgehead atoms. The molecule has 1 aromatic carbocycles. The number of hydrogen-bond donors (Lipinski definition) is 1. The van der Waals surface area contributed by atoms with Crippen molar-refractivity contribution in [1.29, 1.82) is 0 Å². The zero-order chi connectivity index (χ0) is 24.6. The van der Waals surface area contributed by atoms with E-state index < -0.39 is 33.2 Å². The number of alkyl halides is 3. The van der Waals surface area contributed by atoms with Crippen molar-refractivity contribution in [2.24, 2.45) is 0 Å². The van der Waals surface area contributed by atoms with E-state index in [-0.39, 0.29) is 30.6 Å². The van der Waals surface area contributed by atoms with Crippen LogP contribution in [0.1, 0.15) is 44.1 Å². The molecular formula is C24H27F3N2O4S. The molecule has 2 fully saturated rings. The van der Waals surface area contributed by atoms with Gasteiger partial charge < -0.3 is 10.0 Å². The number of aryl methyl sites for hydroxylation is 1. The average Bonchev–Trinajstić information content (AvgIpc) is 3.64. The van der Waals surface area contributed by atoms with Crippen LogP contribution in [-0.4, -0.2) is 59.4 Å². The number of carboxylic acid groups (broad SMARTS) is 1. The van der Waals surface area contributed by atoms with Crippen LogP contribution in [0.5, 0.6) is 0 Å². The molecule has 1 saturated heterocycles. The summed E-state index contributed by atoms with van der Waals surface area (Å²) >= 11 is 0. The molecule has 0 amide bonds. The Morgan fingerprint density at radius 1 is 1.09 bits per heavy atom. The number of benzene rings is 1. The highest BCUT2D eigenvalue weighted by Crippen LogP contribution is 2.39. The molecule has 10 heteroatoms. The highest BCUT2D eigenvalue weighted by Gasteiger charge is 2.54. The van der Waals surface area contributed by atoms with E-state index in [1.807, 2.05) is 0 Å². The van der Waals surface area contributed by atoms with E-state index in [9.17, 15) is 31.5 Å². The molecule has 1 aromatic heterocycles. The first-order chi connectivity index (χ1) is 16.0. The Labute approximate surface area is 196 Å². The molecule has 0 spiro atoms. The fraction of sp³-hybridized carbons (Fsp3) is 0.500. The molecule has 6 nitrogen and oxygen atoms in total. The zero-order valence-corrected chi connectivity index (χ0v) is 19.4. The Balaban J connectivity index is 1.47. The van der Waals surface area contributed by atoms with Gasteiger partial charge in [0, 0.05) is 37.3 Å². The van der Waals surface area contributed by atoms with Crippen molar-refractivity contribution in [3.05, 3.63) is 48.2 Å². The summed E-state index contributed by atoms with van der Waals surface area (Å²) in [5.74, 6) is -1.31. The summed E-state index contributed by atoms with van der Waals surface area (Å²) in [6.45, 7) is 0.904. The maximum absolute atomic E-state index is 13.4. The molecule has 2 aliphatic rings. The number of carboxylic acids is 1. The number of halogens is 3. The summed E-state index contributed by atoms with van der Waals surface area (Å²) in [7, 11) is -4.12. The lowest BCUT2D eigenvalue weighted by Crippen LogP contribution is -2.54. The monoisotopic (exact) mass is 496 g/mol. The van der Waals surface area contributed by atoms with Gasteiger partial charge in [0.05, 0.1) is 10.6 Å². The minimum Gasteiger partial charge on any atom is -0.480 e. The number of aromatic nitrogens is 1. The Bertz CT molecular complexity index is 1120. The summed E-state index contributed by atoms with van der Waals surface area (Å²) in [6, 6.07) is 9.80. The molecule has 0 atom stereocenters. The number of piperidine rings is 1. The first kappa shape index (κ1) is 24.7. The topological polar surface area (TPSA) is 87.6 Å². The van der Waals surface area contributed by atoms with Gasteiger partial charge in [-0.2, -0.15) is 13.2 Å².